The molecule has 0 saturated carbocycles. The number of ether oxygens (including phenoxy) is 1. The molecule has 1 saturated heterocycles. The largest absolute Gasteiger partial charge is 0.459 e. The van der Waals surface area contributed by atoms with Gasteiger partial charge in [-0.05, 0) is 19.1 Å². The number of carbonyl (C=O) groups is 3. The van der Waals surface area contributed by atoms with Gasteiger partial charge in [0.1, 0.15) is 12.3 Å². The van der Waals surface area contributed by atoms with Crippen molar-refractivity contribution in [3.05, 3.63) is 46.0 Å². The van der Waals surface area contributed by atoms with E-state index in [9.17, 15) is 19.2 Å². The number of hydrogen-bond donors (Lipinski definition) is 0. The normalized spacial score (nSPS) is 14.1. The Hall–Kier alpha value is -3.23. The Labute approximate surface area is 167 Å². The second kappa shape index (κ2) is 8.85. The van der Waals surface area contributed by atoms with E-state index in [1.807, 2.05) is 13.0 Å². The highest BCUT2D eigenvalue weighted by atomic mass is 16.5. The molecule has 0 spiro atoms. The molecule has 0 aliphatic carbocycles. The molecule has 0 atom stereocenters. The van der Waals surface area contributed by atoms with Gasteiger partial charge in [-0.1, -0.05) is 6.07 Å². The van der Waals surface area contributed by atoms with E-state index in [1.54, 1.807) is 21.9 Å². The van der Waals surface area contributed by atoms with E-state index in [1.165, 1.54) is 17.4 Å². The summed E-state index contributed by atoms with van der Waals surface area (Å²) in [5, 5.41) is 0. The summed E-state index contributed by atoms with van der Waals surface area (Å²) >= 11 is 0. The maximum atomic E-state index is 12.2. The first-order valence-corrected chi connectivity index (χ1v) is 9.52. The predicted octanol–water partition coefficient (Wildman–Crippen LogP) is 0.517. The average Bonchev–Trinajstić information content (AvgIpc) is 2.70. The van der Waals surface area contributed by atoms with E-state index in [0.717, 1.165) is 5.69 Å². The fourth-order valence-electron chi connectivity index (χ4n) is 3.30. The summed E-state index contributed by atoms with van der Waals surface area (Å²) in [5.41, 5.74) is 1.38. The minimum absolute atomic E-state index is 0.00206. The number of fused-ring (bicyclic) bond motifs is 1. The summed E-state index contributed by atoms with van der Waals surface area (Å²) in [5.74, 6) is -0.660. The molecule has 1 aliphatic rings. The van der Waals surface area contributed by atoms with Crippen molar-refractivity contribution in [3.63, 3.8) is 0 Å². The number of amides is 2. The third-order valence-electron chi connectivity index (χ3n) is 4.93. The van der Waals surface area contributed by atoms with E-state index in [2.05, 4.69) is 4.98 Å². The molecule has 2 amide bonds. The molecule has 1 aliphatic heterocycles. The van der Waals surface area contributed by atoms with Crippen LogP contribution in [0, 0.1) is 6.92 Å². The molecule has 0 unspecified atom stereocenters. The maximum absolute atomic E-state index is 12.2. The van der Waals surface area contributed by atoms with Crippen molar-refractivity contribution in [1.29, 1.82) is 0 Å². The van der Waals surface area contributed by atoms with E-state index < -0.39 is 5.97 Å². The zero-order valence-electron chi connectivity index (χ0n) is 16.6. The van der Waals surface area contributed by atoms with E-state index in [4.69, 9.17) is 4.74 Å². The van der Waals surface area contributed by atoms with Crippen LogP contribution in [0.4, 0.5) is 0 Å². The van der Waals surface area contributed by atoms with Crippen LogP contribution in [0.1, 0.15) is 31.2 Å². The Morgan fingerprint density at radius 2 is 1.76 bits per heavy atom. The first-order chi connectivity index (χ1) is 13.8. The number of carbonyl (C=O) groups excluding carboxylic acids is 3. The van der Waals surface area contributed by atoms with Crippen LogP contribution in [-0.2, 0) is 25.7 Å². The third kappa shape index (κ3) is 4.98. The summed E-state index contributed by atoms with van der Waals surface area (Å²) in [6.07, 6.45) is 0.00331. The van der Waals surface area contributed by atoms with Gasteiger partial charge in [-0.2, -0.15) is 0 Å². The van der Waals surface area contributed by atoms with Gasteiger partial charge in [-0.15, -0.1) is 0 Å². The van der Waals surface area contributed by atoms with E-state index >= 15 is 0 Å². The highest BCUT2D eigenvalue weighted by Crippen LogP contribution is 2.08. The van der Waals surface area contributed by atoms with Crippen LogP contribution < -0.4 is 5.56 Å². The van der Waals surface area contributed by atoms with Gasteiger partial charge in [0.25, 0.3) is 5.56 Å². The molecular formula is C20H24N4O5. The molecule has 0 aromatic carbocycles. The Morgan fingerprint density at radius 3 is 2.45 bits per heavy atom. The molecule has 29 heavy (non-hydrogen) atoms. The zero-order valence-corrected chi connectivity index (χ0v) is 16.6. The molecule has 0 bridgehead atoms. The molecule has 0 radical (unpaired) electrons. The molecule has 154 valence electrons. The van der Waals surface area contributed by atoms with Crippen molar-refractivity contribution in [2.75, 3.05) is 26.2 Å². The third-order valence-corrected chi connectivity index (χ3v) is 4.93. The first-order valence-electron chi connectivity index (χ1n) is 9.52. The molecule has 3 heterocycles. The average molecular weight is 400 g/mol. The Balaban J connectivity index is 1.48. The summed E-state index contributed by atoms with van der Waals surface area (Å²) in [4.78, 5) is 55.5. The molecule has 1 fully saturated rings. The van der Waals surface area contributed by atoms with Crippen molar-refractivity contribution in [1.82, 2.24) is 19.2 Å². The fraction of sp³-hybridized carbons (Fsp3) is 0.450. The van der Waals surface area contributed by atoms with Gasteiger partial charge in [0.15, 0.2) is 0 Å². The minimum Gasteiger partial charge on any atom is -0.459 e. The molecule has 9 nitrogen and oxygen atoms in total. The van der Waals surface area contributed by atoms with Gasteiger partial charge in [0.05, 0.1) is 12.1 Å². The van der Waals surface area contributed by atoms with Gasteiger partial charge in [-0.3, -0.25) is 23.6 Å². The van der Waals surface area contributed by atoms with Crippen molar-refractivity contribution in [2.45, 2.75) is 33.3 Å². The van der Waals surface area contributed by atoms with Gasteiger partial charge < -0.3 is 14.5 Å². The number of hydrogen-bond acceptors (Lipinski definition) is 6. The number of pyridine rings is 1. The fourth-order valence-corrected chi connectivity index (χ4v) is 3.30. The highest BCUT2D eigenvalue weighted by molar-refractivity contribution is 5.81. The second-order valence-corrected chi connectivity index (χ2v) is 6.99. The molecule has 9 heteroatoms. The van der Waals surface area contributed by atoms with E-state index in [0.29, 0.717) is 37.5 Å². The number of piperazine rings is 1. The smallest absolute Gasteiger partial charge is 0.306 e. The van der Waals surface area contributed by atoms with Gasteiger partial charge in [-0.25, -0.2) is 4.98 Å². The first kappa shape index (κ1) is 20.5. The summed E-state index contributed by atoms with van der Waals surface area (Å²) in [6.45, 7) is 5.16. The molecule has 0 N–H and O–H groups in total. The number of aryl methyl sites for hydroxylation is 1. The standard InChI is InChI=1S/C20H24N4O5/c1-14-4-3-5-17-21-16(12-19(27)24(14)17)13-29-20(28)7-6-18(26)23-10-8-22(9-11-23)15(2)25/h3-5,12H,6-11,13H2,1-2H3. The van der Waals surface area contributed by atoms with Crippen molar-refractivity contribution >= 4 is 23.4 Å². The minimum atomic E-state index is -0.521. The predicted molar refractivity (Wildman–Crippen MR) is 104 cm³/mol. The van der Waals surface area contributed by atoms with Crippen molar-refractivity contribution in [3.8, 4) is 0 Å². The SMILES string of the molecule is CC(=O)N1CCN(C(=O)CCC(=O)OCc2cc(=O)n3c(C)cccc3n2)CC1. The Kier molecular flexibility index (Phi) is 6.26. The van der Waals surface area contributed by atoms with Crippen LogP contribution >= 0.6 is 0 Å². The number of nitrogens with zero attached hydrogens (tertiary/aromatic N) is 4. The van der Waals surface area contributed by atoms with Crippen LogP contribution in [0.15, 0.2) is 29.1 Å². The van der Waals surface area contributed by atoms with Crippen LogP contribution in [0.25, 0.3) is 5.65 Å². The quantitative estimate of drug-likeness (QED) is 0.678. The number of aromatic nitrogens is 2. The molecule has 2 aromatic rings. The monoisotopic (exact) mass is 400 g/mol. The van der Waals surface area contributed by atoms with Gasteiger partial charge >= 0.3 is 5.97 Å². The maximum Gasteiger partial charge on any atom is 0.306 e. The Bertz CT molecular complexity index is 992. The van der Waals surface area contributed by atoms with Crippen LogP contribution in [0.3, 0.4) is 0 Å². The van der Waals surface area contributed by atoms with Crippen LogP contribution in [-0.4, -0.2) is 63.1 Å². The van der Waals surface area contributed by atoms with Crippen LogP contribution in [0.5, 0.6) is 0 Å². The summed E-state index contributed by atoms with van der Waals surface area (Å²) < 4.78 is 6.66. The molecule has 2 aromatic heterocycles. The summed E-state index contributed by atoms with van der Waals surface area (Å²) in [7, 11) is 0. The van der Waals surface area contributed by atoms with Gasteiger partial charge in [0.2, 0.25) is 11.8 Å². The van der Waals surface area contributed by atoms with E-state index in [-0.39, 0.29) is 36.8 Å². The lowest BCUT2D eigenvalue weighted by atomic mass is 10.2. The van der Waals surface area contributed by atoms with Gasteiger partial charge in [0, 0.05) is 51.3 Å². The second-order valence-electron chi connectivity index (χ2n) is 6.99. The van der Waals surface area contributed by atoms with Crippen molar-refractivity contribution in [2.24, 2.45) is 0 Å². The Morgan fingerprint density at radius 1 is 1.07 bits per heavy atom. The highest BCUT2D eigenvalue weighted by Gasteiger charge is 2.22. The molecule has 3 rings (SSSR count). The van der Waals surface area contributed by atoms with Crippen molar-refractivity contribution < 1.29 is 19.1 Å². The summed E-state index contributed by atoms with van der Waals surface area (Å²) in [6, 6.07) is 6.67. The topological polar surface area (TPSA) is 101 Å². The zero-order chi connectivity index (χ0) is 21.0. The number of rotatable bonds is 5. The lowest BCUT2D eigenvalue weighted by Crippen LogP contribution is -2.50. The number of esters is 1. The lowest BCUT2D eigenvalue weighted by Gasteiger charge is -2.34. The molecular weight excluding hydrogens is 376 g/mol. The lowest BCUT2D eigenvalue weighted by molar-refractivity contribution is -0.147. The van der Waals surface area contributed by atoms with Crippen LogP contribution in [0.2, 0.25) is 0 Å².